The summed E-state index contributed by atoms with van der Waals surface area (Å²) in [6.45, 7) is 5.38. The number of nitrogens with one attached hydrogen (secondary N) is 1. The van der Waals surface area contributed by atoms with E-state index in [-0.39, 0.29) is 18.3 Å². The van der Waals surface area contributed by atoms with Crippen LogP contribution in [0.2, 0.25) is 0 Å². The Kier molecular flexibility index (Phi) is 6.67. The number of hydrogen-bond donors (Lipinski definition) is 1. The highest BCUT2D eigenvalue weighted by Gasteiger charge is 2.14. The van der Waals surface area contributed by atoms with Gasteiger partial charge in [0.05, 0.1) is 5.56 Å². The molecule has 0 radical (unpaired) electrons. The molecule has 136 valence electrons. The van der Waals surface area contributed by atoms with Crippen molar-refractivity contribution in [2.24, 2.45) is 0 Å². The fourth-order valence-corrected chi connectivity index (χ4v) is 2.52. The summed E-state index contributed by atoms with van der Waals surface area (Å²) in [5.41, 5.74) is 3.38. The van der Waals surface area contributed by atoms with Crippen molar-refractivity contribution in [3.63, 3.8) is 0 Å². The molecule has 5 heteroatoms. The number of amides is 1. The van der Waals surface area contributed by atoms with Crippen LogP contribution in [0.25, 0.3) is 0 Å². The first-order chi connectivity index (χ1) is 12.4. The first kappa shape index (κ1) is 19.4. The van der Waals surface area contributed by atoms with Gasteiger partial charge in [-0.25, -0.2) is 4.79 Å². The molecular formula is C21H23NO4. The van der Waals surface area contributed by atoms with Crippen LogP contribution in [-0.2, 0) is 9.53 Å². The van der Waals surface area contributed by atoms with Crippen molar-refractivity contribution in [3.05, 3.63) is 64.7 Å². The third-order valence-corrected chi connectivity index (χ3v) is 3.90. The lowest BCUT2D eigenvalue weighted by Crippen LogP contribution is -2.15. The molecule has 2 aromatic carbocycles. The lowest BCUT2D eigenvalue weighted by molar-refractivity contribution is -0.116. The fraction of sp³-hybridized carbons (Fsp3) is 0.286. The molecule has 1 N–H and O–H groups in total. The predicted molar refractivity (Wildman–Crippen MR) is 101 cm³/mol. The van der Waals surface area contributed by atoms with E-state index < -0.39 is 5.97 Å². The van der Waals surface area contributed by atoms with Gasteiger partial charge in [-0.3, -0.25) is 9.59 Å². The standard InChI is InChI=1S/C21H23NO4/c1-4-5-20(24)22-17-9-7-16(8-10-17)19(23)13-26-21(25)18-11-6-14(2)12-15(18)3/h6-12H,4-5,13H2,1-3H3,(H,22,24). The summed E-state index contributed by atoms with van der Waals surface area (Å²) in [6.07, 6.45) is 1.23. The Morgan fingerprint density at radius 2 is 1.69 bits per heavy atom. The number of carbonyl (C=O) groups is 3. The van der Waals surface area contributed by atoms with Crippen molar-refractivity contribution in [2.45, 2.75) is 33.6 Å². The molecule has 26 heavy (non-hydrogen) atoms. The van der Waals surface area contributed by atoms with E-state index in [0.29, 0.717) is 23.2 Å². The number of benzene rings is 2. The third kappa shape index (κ3) is 5.28. The molecule has 0 fully saturated rings. The van der Waals surface area contributed by atoms with E-state index in [1.54, 1.807) is 30.3 Å². The van der Waals surface area contributed by atoms with Crippen LogP contribution in [0.3, 0.4) is 0 Å². The van der Waals surface area contributed by atoms with Gasteiger partial charge < -0.3 is 10.1 Å². The molecule has 0 atom stereocenters. The smallest absolute Gasteiger partial charge is 0.338 e. The van der Waals surface area contributed by atoms with Gasteiger partial charge in [0.1, 0.15) is 0 Å². The number of carbonyl (C=O) groups excluding carboxylic acids is 3. The molecule has 0 saturated heterocycles. The summed E-state index contributed by atoms with van der Waals surface area (Å²) in [7, 11) is 0. The number of esters is 1. The first-order valence-electron chi connectivity index (χ1n) is 8.58. The lowest BCUT2D eigenvalue weighted by atomic mass is 10.1. The summed E-state index contributed by atoms with van der Waals surface area (Å²) < 4.78 is 5.13. The highest BCUT2D eigenvalue weighted by atomic mass is 16.5. The molecule has 0 aliphatic heterocycles. The van der Waals surface area contributed by atoms with E-state index >= 15 is 0 Å². The molecule has 2 rings (SSSR count). The van der Waals surface area contributed by atoms with Crippen molar-refractivity contribution < 1.29 is 19.1 Å². The largest absolute Gasteiger partial charge is 0.454 e. The predicted octanol–water partition coefficient (Wildman–Crippen LogP) is 4.08. The molecule has 0 bridgehead atoms. The van der Waals surface area contributed by atoms with Crippen LogP contribution in [0.4, 0.5) is 5.69 Å². The minimum absolute atomic E-state index is 0.0611. The number of anilines is 1. The summed E-state index contributed by atoms with van der Waals surface area (Å²) in [4.78, 5) is 35.9. The maximum absolute atomic E-state index is 12.2. The summed E-state index contributed by atoms with van der Waals surface area (Å²) in [5, 5.41) is 2.76. The van der Waals surface area contributed by atoms with Crippen LogP contribution >= 0.6 is 0 Å². The van der Waals surface area contributed by atoms with Gasteiger partial charge in [-0.15, -0.1) is 0 Å². The molecule has 5 nitrogen and oxygen atoms in total. The molecule has 2 aromatic rings. The fourth-order valence-electron chi connectivity index (χ4n) is 2.52. The number of aryl methyl sites for hydroxylation is 2. The third-order valence-electron chi connectivity index (χ3n) is 3.90. The summed E-state index contributed by atoms with van der Waals surface area (Å²) in [6, 6.07) is 12.0. The SMILES string of the molecule is CCCC(=O)Nc1ccc(C(=O)COC(=O)c2ccc(C)cc2C)cc1. The highest BCUT2D eigenvalue weighted by Crippen LogP contribution is 2.14. The van der Waals surface area contributed by atoms with Gasteiger partial charge in [0, 0.05) is 17.7 Å². The van der Waals surface area contributed by atoms with E-state index in [4.69, 9.17) is 4.74 Å². The Balaban J connectivity index is 1.93. The van der Waals surface area contributed by atoms with Crippen LogP contribution in [0.15, 0.2) is 42.5 Å². The average Bonchev–Trinajstić information content (AvgIpc) is 2.60. The molecule has 0 aliphatic carbocycles. The van der Waals surface area contributed by atoms with E-state index in [2.05, 4.69) is 5.32 Å². The molecule has 0 aliphatic rings. The van der Waals surface area contributed by atoms with E-state index in [1.807, 2.05) is 32.9 Å². The number of rotatable bonds is 7. The van der Waals surface area contributed by atoms with Gasteiger partial charge in [0.25, 0.3) is 0 Å². The molecular weight excluding hydrogens is 330 g/mol. The Morgan fingerprint density at radius 1 is 1.00 bits per heavy atom. The number of ketones is 1. The lowest BCUT2D eigenvalue weighted by Gasteiger charge is -2.08. The van der Waals surface area contributed by atoms with Crippen LogP contribution in [0.5, 0.6) is 0 Å². The van der Waals surface area contributed by atoms with Crippen LogP contribution in [0, 0.1) is 13.8 Å². The molecule has 0 spiro atoms. The zero-order valence-electron chi connectivity index (χ0n) is 15.3. The van der Waals surface area contributed by atoms with Crippen LogP contribution < -0.4 is 5.32 Å². The summed E-state index contributed by atoms with van der Waals surface area (Å²) in [5.74, 6) is -0.872. The van der Waals surface area contributed by atoms with Crippen molar-refractivity contribution in [1.29, 1.82) is 0 Å². The maximum Gasteiger partial charge on any atom is 0.338 e. The molecule has 1 amide bonds. The Labute approximate surface area is 153 Å². The normalized spacial score (nSPS) is 10.3. The van der Waals surface area contributed by atoms with Crippen molar-refractivity contribution in [1.82, 2.24) is 0 Å². The number of ether oxygens (including phenoxy) is 1. The highest BCUT2D eigenvalue weighted by molar-refractivity contribution is 6.00. The average molecular weight is 353 g/mol. The van der Waals surface area contributed by atoms with Crippen molar-refractivity contribution in [2.75, 3.05) is 11.9 Å². The molecule has 0 heterocycles. The second-order valence-corrected chi connectivity index (χ2v) is 6.19. The second-order valence-electron chi connectivity index (χ2n) is 6.19. The zero-order chi connectivity index (χ0) is 19.1. The number of Topliss-reactive ketones (excluding diaryl/α,β-unsaturated/α-hetero) is 1. The molecule has 0 unspecified atom stereocenters. The maximum atomic E-state index is 12.2. The van der Waals surface area contributed by atoms with Crippen molar-refractivity contribution >= 4 is 23.3 Å². The van der Waals surface area contributed by atoms with Gasteiger partial charge in [0.2, 0.25) is 5.91 Å². The van der Waals surface area contributed by atoms with Crippen molar-refractivity contribution in [3.8, 4) is 0 Å². The Bertz CT molecular complexity index is 809. The van der Waals surface area contributed by atoms with Gasteiger partial charge in [-0.05, 0) is 56.2 Å². The van der Waals surface area contributed by atoms with Gasteiger partial charge >= 0.3 is 5.97 Å². The van der Waals surface area contributed by atoms with Gasteiger partial charge in [-0.1, -0.05) is 24.6 Å². The number of hydrogen-bond acceptors (Lipinski definition) is 4. The summed E-state index contributed by atoms with van der Waals surface area (Å²) >= 11 is 0. The molecule has 0 aromatic heterocycles. The monoisotopic (exact) mass is 353 g/mol. The second kappa shape index (κ2) is 8.94. The minimum Gasteiger partial charge on any atom is -0.454 e. The van der Waals surface area contributed by atoms with E-state index in [1.165, 1.54) is 0 Å². The zero-order valence-corrected chi connectivity index (χ0v) is 15.3. The van der Waals surface area contributed by atoms with Crippen LogP contribution in [-0.4, -0.2) is 24.3 Å². The first-order valence-corrected chi connectivity index (χ1v) is 8.58. The molecule has 0 saturated carbocycles. The topological polar surface area (TPSA) is 72.5 Å². The van der Waals surface area contributed by atoms with Crippen LogP contribution in [0.1, 0.15) is 51.6 Å². The van der Waals surface area contributed by atoms with Gasteiger partial charge in [0.15, 0.2) is 12.4 Å². The Hall–Kier alpha value is -2.95. The Morgan fingerprint density at radius 3 is 2.31 bits per heavy atom. The van der Waals surface area contributed by atoms with E-state index in [9.17, 15) is 14.4 Å². The van der Waals surface area contributed by atoms with Gasteiger partial charge in [-0.2, -0.15) is 0 Å². The minimum atomic E-state index is -0.515. The quantitative estimate of drug-likeness (QED) is 0.601. The van der Waals surface area contributed by atoms with E-state index in [0.717, 1.165) is 17.5 Å².